The lowest BCUT2D eigenvalue weighted by atomic mass is 10.2. The lowest BCUT2D eigenvalue weighted by Gasteiger charge is -2.26. The van der Waals surface area contributed by atoms with Crippen molar-refractivity contribution in [1.29, 1.82) is 0 Å². The molecular formula is C25H28N2O6S. The molecule has 0 atom stereocenters. The van der Waals surface area contributed by atoms with Crippen molar-refractivity contribution in [3.8, 4) is 17.2 Å². The Morgan fingerprint density at radius 1 is 0.912 bits per heavy atom. The molecule has 180 valence electrons. The molecular weight excluding hydrogens is 456 g/mol. The lowest BCUT2D eigenvalue weighted by molar-refractivity contribution is -0.114. The highest BCUT2D eigenvalue weighted by Gasteiger charge is 2.30. The largest absolute Gasteiger partial charge is 0.497 e. The standard InChI is InChI=1S/C25H28N2O6S/c1-5-33-20-10-8-19(9-11-20)26-25(28)17-27(23-16-21(31-3)12-15-24(23)32-4)34(29,30)22-13-6-18(2)7-14-22/h6-16H,5,17H2,1-4H3,(H,26,28). The summed E-state index contributed by atoms with van der Waals surface area (Å²) >= 11 is 0. The van der Waals surface area contributed by atoms with Crippen molar-refractivity contribution < 1.29 is 27.4 Å². The number of carbonyl (C=O) groups is 1. The van der Waals surface area contributed by atoms with E-state index in [4.69, 9.17) is 14.2 Å². The van der Waals surface area contributed by atoms with Gasteiger partial charge in [0.25, 0.3) is 10.0 Å². The van der Waals surface area contributed by atoms with E-state index in [1.807, 2.05) is 13.8 Å². The molecule has 3 rings (SSSR count). The van der Waals surface area contributed by atoms with Crippen LogP contribution in [0.5, 0.6) is 17.2 Å². The number of aryl methyl sites for hydroxylation is 1. The van der Waals surface area contributed by atoms with Gasteiger partial charge in [0.2, 0.25) is 5.91 Å². The van der Waals surface area contributed by atoms with Gasteiger partial charge in [-0.05, 0) is 62.4 Å². The number of benzene rings is 3. The molecule has 34 heavy (non-hydrogen) atoms. The Morgan fingerprint density at radius 2 is 1.56 bits per heavy atom. The second kappa shape index (κ2) is 10.9. The third-order valence-electron chi connectivity index (χ3n) is 5.00. The molecule has 1 N–H and O–H groups in total. The minimum absolute atomic E-state index is 0.0526. The Kier molecular flexibility index (Phi) is 8.01. The summed E-state index contributed by atoms with van der Waals surface area (Å²) in [6, 6.07) is 18.0. The summed E-state index contributed by atoms with van der Waals surface area (Å²) in [7, 11) is -1.21. The summed E-state index contributed by atoms with van der Waals surface area (Å²) in [6.45, 7) is 3.79. The highest BCUT2D eigenvalue weighted by molar-refractivity contribution is 7.92. The average molecular weight is 485 g/mol. The van der Waals surface area contributed by atoms with E-state index in [1.165, 1.54) is 32.4 Å². The highest BCUT2D eigenvalue weighted by atomic mass is 32.2. The Balaban J connectivity index is 1.98. The Bertz CT molecular complexity index is 1230. The van der Waals surface area contributed by atoms with Crippen molar-refractivity contribution in [1.82, 2.24) is 0 Å². The van der Waals surface area contributed by atoms with Crippen LogP contribution in [0.3, 0.4) is 0 Å². The number of rotatable bonds is 10. The van der Waals surface area contributed by atoms with Gasteiger partial charge in [0.05, 0.1) is 31.4 Å². The van der Waals surface area contributed by atoms with E-state index in [0.29, 0.717) is 23.8 Å². The lowest BCUT2D eigenvalue weighted by Crippen LogP contribution is -2.38. The molecule has 0 aliphatic carbocycles. The fourth-order valence-corrected chi connectivity index (χ4v) is 4.68. The van der Waals surface area contributed by atoms with Crippen molar-refractivity contribution in [3.05, 3.63) is 72.3 Å². The molecule has 8 nitrogen and oxygen atoms in total. The fourth-order valence-electron chi connectivity index (χ4n) is 3.26. The number of carbonyl (C=O) groups excluding carboxylic acids is 1. The molecule has 0 fully saturated rings. The van der Waals surface area contributed by atoms with Crippen LogP contribution in [-0.2, 0) is 14.8 Å². The summed E-state index contributed by atoms with van der Waals surface area (Å²) in [5.41, 5.74) is 1.61. The van der Waals surface area contributed by atoms with Crippen LogP contribution in [0.1, 0.15) is 12.5 Å². The number of ether oxygens (including phenoxy) is 3. The van der Waals surface area contributed by atoms with E-state index in [1.54, 1.807) is 48.5 Å². The zero-order chi connectivity index (χ0) is 24.7. The number of anilines is 2. The van der Waals surface area contributed by atoms with E-state index in [2.05, 4.69) is 5.32 Å². The first-order valence-corrected chi connectivity index (χ1v) is 12.1. The SMILES string of the molecule is CCOc1ccc(NC(=O)CN(c2cc(OC)ccc2OC)S(=O)(=O)c2ccc(C)cc2)cc1. The molecule has 0 bridgehead atoms. The van der Waals surface area contributed by atoms with Crippen LogP contribution in [0.25, 0.3) is 0 Å². The molecule has 0 radical (unpaired) electrons. The summed E-state index contributed by atoms with van der Waals surface area (Å²) in [6.07, 6.45) is 0. The summed E-state index contributed by atoms with van der Waals surface area (Å²) in [5, 5.41) is 2.74. The molecule has 1 amide bonds. The number of nitrogens with one attached hydrogen (secondary N) is 1. The summed E-state index contributed by atoms with van der Waals surface area (Å²) in [4.78, 5) is 13.0. The predicted molar refractivity (Wildman–Crippen MR) is 131 cm³/mol. The van der Waals surface area contributed by atoms with Crippen molar-refractivity contribution in [2.24, 2.45) is 0 Å². The van der Waals surface area contributed by atoms with Gasteiger partial charge in [0, 0.05) is 11.8 Å². The molecule has 9 heteroatoms. The van der Waals surface area contributed by atoms with Gasteiger partial charge in [-0.3, -0.25) is 9.10 Å². The van der Waals surface area contributed by atoms with Crippen LogP contribution < -0.4 is 23.8 Å². The molecule has 0 unspecified atom stereocenters. The van der Waals surface area contributed by atoms with E-state index >= 15 is 0 Å². The van der Waals surface area contributed by atoms with Crippen molar-refractivity contribution in [2.45, 2.75) is 18.7 Å². The molecule has 0 spiro atoms. The second-order valence-electron chi connectivity index (χ2n) is 7.37. The predicted octanol–water partition coefficient (Wildman–Crippen LogP) is 4.24. The quantitative estimate of drug-likeness (QED) is 0.463. The summed E-state index contributed by atoms with van der Waals surface area (Å²) in [5.74, 6) is 0.854. The van der Waals surface area contributed by atoms with Gasteiger partial charge in [-0.1, -0.05) is 17.7 Å². The number of amides is 1. The normalized spacial score (nSPS) is 10.9. The molecule has 3 aromatic rings. The zero-order valence-electron chi connectivity index (χ0n) is 19.6. The van der Waals surface area contributed by atoms with Gasteiger partial charge in [0.15, 0.2) is 0 Å². The van der Waals surface area contributed by atoms with Crippen molar-refractivity contribution in [2.75, 3.05) is 37.0 Å². The molecule has 0 saturated heterocycles. The number of nitrogens with zero attached hydrogens (tertiary/aromatic N) is 1. The Morgan fingerprint density at radius 3 is 2.15 bits per heavy atom. The highest BCUT2D eigenvalue weighted by Crippen LogP contribution is 2.35. The minimum atomic E-state index is -4.11. The van der Waals surface area contributed by atoms with Crippen LogP contribution >= 0.6 is 0 Å². The number of hydrogen-bond donors (Lipinski definition) is 1. The van der Waals surface area contributed by atoms with Gasteiger partial charge in [-0.15, -0.1) is 0 Å². The number of hydrogen-bond acceptors (Lipinski definition) is 6. The molecule has 0 aliphatic rings. The van der Waals surface area contributed by atoms with Crippen LogP contribution in [0.15, 0.2) is 71.6 Å². The van der Waals surface area contributed by atoms with E-state index < -0.39 is 22.5 Å². The van der Waals surface area contributed by atoms with Crippen LogP contribution in [-0.4, -0.2) is 41.7 Å². The van der Waals surface area contributed by atoms with Crippen molar-refractivity contribution in [3.63, 3.8) is 0 Å². The molecule has 0 aliphatic heterocycles. The Hall–Kier alpha value is -3.72. The van der Waals surface area contributed by atoms with Gasteiger partial charge in [-0.2, -0.15) is 0 Å². The third kappa shape index (κ3) is 5.79. The number of sulfonamides is 1. The van der Waals surface area contributed by atoms with Gasteiger partial charge >= 0.3 is 0 Å². The first-order chi connectivity index (χ1) is 16.3. The fraction of sp³-hybridized carbons (Fsp3) is 0.240. The van der Waals surface area contributed by atoms with Crippen LogP contribution in [0, 0.1) is 6.92 Å². The topological polar surface area (TPSA) is 94.2 Å². The maximum Gasteiger partial charge on any atom is 0.264 e. The maximum absolute atomic E-state index is 13.6. The molecule has 0 aromatic heterocycles. The molecule has 0 saturated carbocycles. The monoisotopic (exact) mass is 484 g/mol. The third-order valence-corrected chi connectivity index (χ3v) is 6.77. The minimum Gasteiger partial charge on any atom is -0.497 e. The van der Waals surface area contributed by atoms with E-state index in [-0.39, 0.29) is 16.3 Å². The second-order valence-corrected chi connectivity index (χ2v) is 9.23. The average Bonchev–Trinajstić information content (AvgIpc) is 2.83. The van der Waals surface area contributed by atoms with E-state index in [9.17, 15) is 13.2 Å². The molecule has 3 aromatic carbocycles. The molecule has 0 heterocycles. The summed E-state index contributed by atoms with van der Waals surface area (Å²) < 4.78 is 44.4. The van der Waals surface area contributed by atoms with E-state index in [0.717, 1.165) is 9.87 Å². The van der Waals surface area contributed by atoms with Crippen LogP contribution in [0.4, 0.5) is 11.4 Å². The van der Waals surface area contributed by atoms with Gasteiger partial charge < -0.3 is 19.5 Å². The smallest absolute Gasteiger partial charge is 0.264 e. The van der Waals surface area contributed by atoms with Crippen molar-refractivity contribution >= 4 is 27.3 Å². The maximum atomic E-state index is 13.6. The van der Waals surface area contributed by atoms with Crippen LogP contribution in [0.2, 0.25) is 0 Å². The number of methoxy groups -OCH3 is 2. The first-order valence-electron chi connectivity index (χ1n) is 10.6. The van der Waals surface area contributed by atoms with Gasteiger partial charge in [0.1, 0.15) is 23.8 Å². The zero-order valence-corrected chi connectivity index (χ0v) is 20.4. The first kappa shape index (κ1) is 24.9. The Labute approximate surface area is 200 Å². The van der Waals surface area contributed by atoms with Gasteiger partial charge in [-0.25, -0.2) is 8.42 Å².